The smallest absolute Gasteiger partial charge is 0.270 e. The Morgan fingerprint density at radius 3 is 2.72 bits per heavy atom. The zero-order valence-corrected chi connectivity index (χ0v) is 24.2. The number of carbonyl (C=O) groups excluding carboxylic acids is 2. The molecule has 2 atom stereocenters. The van der Waals surface area contributed by atoms with E-state index in [1.165, 1.54) is 23.3 Å². The van der Waals surface area contributed by atoms with Crippen LogP contribution in [0.25, 0.3) is 28.2 Å². The molecular weight excluding hydrogens is 570 g/mol. The Balaban J connectivity index is 1.43. The molecule has 12 nitrogen and oxygen atoms in total. The topological polar surface area (TPSA) is 156 Å². The van der Waals surface area contributed by atoms with E-state index in [2.05, 4.69) is 25.7 Å². The second-order valence-electron chi connectivity index (χ2n) is 10.6. The van der Waals surface area contributed by atoms with Crippen molar-refractivity contribution in [3.8, 4) is 28.2 Å². The highest BCUT2D eigenvalue weighted by molar-refractivity contribution is 6.31. The largest absolute Gasteiger partial charge is 0.364 e. The minimum atomic E-state index is -0.710. The van der Waals surface area contributed by atoms with Crippen LogP contribution in [0.3, 0.4) is 0 Å². The summed E-state index contributed by atoms with van der Waals surface area (Å²) in [5, 5.41) is 15.7. The molecule has 0 spiro atoms. The summed E-state index contributed by atoms with van der Waals surface area (Å²) in [6.45, 7) is 1.90. The summed E-state index contributed by atoms with van der Waals surface area (Å²) in [6.07, 6.45) is 6.58. The van der Waals surface area contributed by atoms with E-state index in [9.17, 15) is 14.4 Å². The number of primary amides is 1. The molecule has 3 aromatic heterocycles. The fraction of sp³-hybridized carbons (Fsp3) is 0.233. The fourth-order valence-corrected chi connectivity index (χ4v) is 5.61. The lowest BCUT2D eigenvalue weighted by atomic mass is 9.94. The summed E-state index contributed by atoms with van der Waals surface area (Å²) in [6, 6.07) is 14.1. The highest BCUT2D eigenvalue weighted by Gasteiger charge is 2.23. The first-order valence-electron chi connectivity index (χ1n) is 13.7. The van der Waals surface area contributed by atoms with Crippen molar-refractivity contribution in [2.75, 3.05) is 5.32 Å². The number of benzene rings is 2. The van der Waals surface area contributed by atoms with Gasteiger partial charge in [-0.15, -0.1) is 5.10 Å². The Bertz CT molecular complexity index is 1930. The first kappa shape index (κ1) is 28.0. The van der Waals surface area contributed by atoms with Crippen LogP contribution in [0.15, 0.2) is 72.0 Å². The molecule has 0 fully saturated rings. The third kappa shape index (κ3) is 5.44. The summed E-state index contributed by atoms with van der Waals surface area (Å²) in [4.78, 5) is 42.9. The van der Waals surface area contributed by atoms with E-state index in [0.717, 1.165) is 16.8 Å². The van der Waals surface area contributed by atoms with Gasteiger partial charge in [0.05, 0.1) is 47.5 Å². The lowest BCUT2D eigenvalue weighted by Crippen LogP contribution is -2.26. The van der Waals surface area contributed by atoms with Crippen molar-refractivity contribution < 1.29 is 9.59 Å². The van der Waals surface area contributed by atoms with Gasteiger partial charge in [0.2, 0.25) is 5.91 Å². The zero-order valence-electron chi connectivity index (χ0n) is 23.4. The predicted octanol–water partition coefficient (Wildman–Crippen LogP) is 3.99. The van der Waals surface area contributed by atoms with Crippen molar-refractivity contribution >= 4 is 29.1 Å². The Morgan fingerprint density at radius 1 is 1.12 bits per heavy atom. The minimum absolute atomic E-state index is 0.000876. The summed E-state index contributed by atoms with van der Waals surface area (Å²) in [5.41, 5.74) is 9.74. The van der Waals surface area contributed by atoms with Crippen LogP contribution in [0, 0.1) is 5.92 Å². The number of nitrogens with two attached hydrogens (primary N) is 1. The third-order valence-electron chi connectivity index (χ3n) is 7.70. The minimum Gasteiger partial charge on any atom is -0.364 e. The number of aromatic nitrogens is 7. The lowest BCUT2D eigenvalue weighted by molar-refractivity contribution is -0.119. The molecule has 5 aromatic rings. The zero-order chi connectivity index (χ0) is 30.2. The van der Waals surface area contributed by atoms with Gasteiger partial charge in [0, 0.05) is 35.2 Å². The fourth-order valence-electron chi connectivity index (χ4n) is 5.43. The molecule has 43 heavy (non-hydrogen) atoms. The normalized spacial score (nSPS) is 17.0. The van der Waals surface area contributed by atoms with Crippen LogP contribution in [0.4, 0.5) is 5.69 Å². The number of amides is 2. The monoisotopic (exact) mass is 597 g/mol. The molecule has 1 aliphatic heterocycles. The Hall–Kier alpha value is -5.10. The summed E-state index contributed by atoms with van der Waals surface area (Å²) < 4.78 is 4.74. The van der Waals surface area contributed by atoms with E-state index in [4.69, 9.17) is 17.3 Å². The molecule has 2 amide bonds. The molecule has 0 saturated heterocycles. The average molecular weight is 598 g/mol. The maximum atomic E-state index is 13.8. The number of hydrogen-bond acceptors (Lipinski definition) is 7. The number of hydrogen-bond donors (Lipinski definition) is 2. The third-order valence-corrected chi connectivity index (χ3v) is 7.94. The van der Waals surface area contributed by atoms with Gasteiger partial charge in [-0.3, -0.25) is 23.6 Å². The molecule has 0 saturated carbocycles. The quantitative estimate of drug-likeness (QED) is 0.317. The number of fused-ring (bicyclic) bond motifs is 4. The van der Waals surface area contributed by atoms with Gasteiger partial charge in [0.25, 0.3) is 11.5 Å². The highest BCUT2D eigenvalue weighted by atomic mass is 35.5. The van der Waals surface area contributed by atoms with Crippen molar-refractivity contribution in [1.82, 2.24) is 34.3 Å². The number of anilines is 1. The highest BCUT2D eigenvalue weighted by Crippen LogP contribution is 2.34. The van der Waals surface area contributed by atoms with E-state index in [-0.39, 0.29) is 29.1 Å². The molecule has 218 valence electrons. The van der Waals surface area contributed by atoms with Gasteiger partial charge in [0.1, 0.15) is 0 Å². The molecule has 3 N–H and O–H groups in total. The predicted molar refractivity (Wildman–Crippen MR) is 161 cm³/mol. The summed E-state index contributed by atoms with van der Waals surface area (Å²) in [5.74, 6) is -1.01. The van der Waals surface area contributed by atoms with Crippen LogP contribution in [0.2, 0.25) is 5.02 Å². The molecule has 0 aliphatic carbocycles. The first-order valence-corrected chi connectivity index (χ1v) is 14.1. The summed E-state index contributed by atoms with van der Waals surface area (Å²) in [7, 11) is 1.83. The van der Waals surface area contributed by atoms with E-state index in [1.54, 1.807) is 33.6 Å². The van der Waals surface area contributed by atoms with Gasteiger partial charge in [-0.05, 0) is 42.7 Å². The Kier molecular flexibility index (Phi) is 7.36. The number of rotatable bonds is 4. The van der Waals surface area contributed by atoms with Crippen LogP contribution in [-0.4, -0.2) is 46.1 Å². The second-order valence-corrected chi connectivity index (χ2v) is 11.0. The van der Waals surface area contributed by atoms with Gasteiger partial charge >= 0.3 is 0 Å². The maximum absolute atomic E-state index is 13.8. The van der Waals surface area contributed by atoms with E-state index >= 15 is 0 Å². The Labute approximate surface area is 251 Å². The van der Waals surface area contributed by atoms with Crippen LogP contribution in [0.1, 0.15) is 48.3 Å². The van der Waals surface area contributed by atoms with Crippen molar-refractivity contribution in [2.45, 2.75) is 32.2 Å². The van der Waals surface area contributed by atoms with Crippen molar-refractivity contribution in [1.29, 1.82) is 0 Å². The molecule has 1 aliphatic rings. The van der Waals surface area contributed by atoms with Crippen LogP contribution in [0.5, 0.6) is 0 Å². The molecule has 0 radical (unpaired) electrons. The molecular formula is C30H28ClN9O3. The van der Waals surface area contributed by atoms with Gasteiger partial charge in [0.15, 0.2) is 5.69 Å². The molecule has 2 aromatic carbocycles. The standard InChI is InChI=1S/C30H28ClN9O3/c1-17-5-3-8-25(18-6-4-7-19(11-18)28-23(35-30(17)43)14-34-38(28)2)39-16-33-22(13-27(39)41)21-12-20(31)9-10-26(21)40-15-24(29(32)42)36-37-40/h4,6-7,9-17,25H,3,5,8H2,1-2H3,(H2,32,42)(H,35,43)/t17-,25+/m1/s1. The van der Waals surface area contributed by atoms with Crippen molar-refractivity contribution in [3.05, 3.63) is 93.9 Å². The van der Waals surface area contributed by atoms with E-state index in [0.29, 0.717) is 46.9 Å². The van der Waals surface area contributed by atoms with Crippen LogP contribution >= 0.6 is 11.6 Å². The van der Waals surface area contributed by atoms with Gasteiger partial charge in [-0.25, -0.2) is 9.67 Å². The molecule has 2 bridgehead atoms. The Morgan fingerprint density at radius 2 is 1.95 bits per heavy atom. The van der Waals surface area contributed by atoms with Gasteiger partial charge in [-0.1, -0.05) is 48.4 Å². The molecule has 13 heteroatoms. The lowest BCUT2D eigenvalue weighted by Gasteiger charge is -2.23. The van der Waals surface area contributed by atoms with Gasteiger partial charge in [-0.2, -0.15) is 5.10 Å². The number of nitrogens with zero attached hydrogens (tertiary/aromatic N) is 7. The maximum Gasteiger partial charge on any atom is 0.270 e. The van der Waals surface area contributed by atoms with E-state index < -0.39 is 5.91 Å². The number of aryl methyl sites for hydroxylation is 1. The molecule has 0 unspecified atom stereocenters. The van der Waals surface area contributed by atoms with Crippen molar-refractivity contribution in [3.63, 3.8) is 0 Å². The molecule has 4 heterocycles. The number of nitrogens with one attached hydrogen (secondary N) is 1. The van der Waals surface area contributed by atoms with Crippen molar-refractivity contribution in [2.24, 2.45) is 18.7 Å². The second kappa shape index (κ2) is 11.3. The average Bonchev–Trinajstić information content (AvgIpc) is 3.62. The summed E-state index contributed by atoms with van der Waals surface area (Å²) >= 11 is 6.32. The molecule has 6 rings (SSSR count). The van der Waals surface area contributed by atoms with Crippen LogP contribution in [-0.2, 0) is 11.8 Å². The number of carbonyl (C=O) groups is 2. The first-order chi connectivity index (χ1) is 20.7. The van der Waals surface area contributed by atoms with Gasteiger partial charge < -0.3 is 11.1 Å². The van der Waals surface area contributed by atoms with E-state index in [1.807, 2.05) is 38.2 Å². The number of halogens is 1. The van der Waals surface area contributed by atoms with Crippen LogP contribution < -0.4 is 16.6 Å². The SMILES string of the molecule is C[C@@H]1CCC[C@H](n2cnc(-c3cc(Cl)ccc3-n3cc(C(N)=O)nn3)cc2=O)c2cccc(c2)-c2c(cnn2C)NC1=O.